The smallest absolute Gasteiger partial charge is 0.123 e. The molecule has 2 heteroatoms. The van der Waals surface area contributed by atoms with Crippen LogP contribution in [0.5, 0.6) is 5.75 Å². The van der Waals surface area contributed by atoms with Crippen LogP contribution in [0.1, 0.15) is 12.5 Å². The molecule has 1 aliphatic heterocycles. The average Bonchev–Trinajstić information content (AvgIpc) is 2.61. The van der Waals surface area contributed by atoms with Crippen molar-refractivity contribution >= 4 is 0 Å². The van der Waals surface area contributed by atoms with Gasteiger partial charge >= 0.3 is 0 Å². The maximum absolute atomic E-state index is 5.90. The number of rotatable bonds is 3. The molecule has 0 saturated carbocycles. The molecule has 0 radical (unpaired) electrons. The van der Waals surface area contributed by atoms with Gasteiger partial charge in [-0.1, -0.05) is 30.4 Å². The summed E-state index contributed by atoms with van der Waals surface area (Å²) < 4.78 is 5.90. The van der Waals surface area contributed by atoms with E-state index in [0.29, 0.717) is 0 Å². The van der Waals surface area contributed by atoms with Crippen molar-refractivity contribution in [1.29, 1.82) is 0 Å². The van der Waals surface area contributed by atoms with E-state index < -0.39 is 0 Å². The average molecular weight is 203 g/mol. The van der Waals surface area contributed by atoms with Crippen LogP contribution in [-0.4, -0.2) is 19.2 Å². The predicted molar refractivity (Wildman–Crippen MR) is 62.2 cm³/mol. The van der Waals surface area contributed by atoms with Crippen LogP contribution >= 0.6 is 0 Å². The van der Waals surface area contributed by atoms with E-state index in [1.165, 1.54) is 5.56 Å². The third-order valence-electron chi connectivity index (χ3n) is 2.89. The Hall–Kier alpha value is -1.28. The molecule has 1 aromatic rings. The fourth-order valence-electron chi connectivity index (χ4n) is 2.14. The predicted octanol–water partition coefficient (Wildman–Crippen LogP) is 2.15. The van der Waals surface area contributed by atoms with Crippen LogP contribution in [0, 0.1) is 0 Å². The van der Waals surface area contributed by atoms with Gasteiger partial charge < -0.3 is 10.1 Å². The number of nitrogens with one attached hydrogen (secondary N) is 1. The van der Waals surface area contributed by atoms with Crippen molar-refractivity contribution in [2.24, 2.45) is 0 Å². The summed E-state index contributed by atoms with van der Waals surface area (Å²) in [7, 11) is 1.95. The molecule has 0 aromatic heterocycles. The summed E-state index contributed by atoms with van der Waals surface area (Å²) in [6.07, 6.45) is 1.15. The van der Waals surface area contributed by atoms with Crippen molar-refractivity contribution in [3.63, 3.8) is 0 Å². The molecule has 0 spiro atoms. The van der Waals surface area contributed by atoms with Gasteiger partial charge in [0.2, 0.25) is 0 Å². The Kier molecular flexibility index (Phi) is 2.78. The second kappa shape index (κ2) is 4.07. The summed E-state index contributed by atoms with van der Waals surface area (Å²) in [5.41, 5.74) is 2.42. The molecular formula is C13H17NO. The maximum Gasteiger partial charge on any atom is 0.123 e. The summed E-state index contributed by atoms with van der Waals surface area (Å²) in [6.45, 7) is 6.03. The lowest BCUT2D eigenvalue weighted by atomic mass is 10.00. The maximum atomic E-state index is 5.90. The molecule has 0 bridgehead atoms. The van der Waals surface area contributed by atoms with Crippen molar-refractivity contribution in [2.45, 2.75) is 25.5 Å². The van der Waals surface area contributed by atoms with Gasteiger partial charge in [0.05, 0.1) is 6.04 Å². The monoisotopic (exact) mass is 203 g/mol. The quantitative estimate of drug-likeness (QED) is 0.760. The molecule has 1 aliphatic rings. The summed E-state index contributed by atoms with van der Waals surface area (Å²) in [6, 6.07) is 8.45. The minimum absolute atomic E-state index is 0.185. The van der Waals surface area contributed by atoms with E-state index in [9.17, 15) is 0 Å². The van der Waals surface area contributed by atoms with Crippen molar-refractivity contribution in [3.05, 3.63) is 42.0 Å². The zero-order valence-electron chi connectivity index (χ0n) is 9.29. The van der Waals surface area contributed by atoms with Crippen LogP contribution in [0.25, 0.3) is 0 Å². The molecular weight excluding hydrogens is 186 g/mol. The van der Waals surface area contributed by atoms with E-state index in [-0.39, 0.29) is 12.1 Å². The first-order valence-corrected chi connectivity index (χ1v) is 5.29. The van der Waals surface area contributed by atoms with Gasteiger partial charge in [-0.2, -0.15) is 0 Å². The first kappa shape index (κ1) is 10.2. The first-order chi connectivity index (χ1) is 7.22. The van der Waals surface area contributed by atoms with E-state index >= 15 is 0 Å². The molecule has 1 aromatic carbocycles. The lowest BCUT2D eigenvalue weighted by Gasteiger charge is -2.22. The summed E-state index contributed by atoms with van der Waals surface area (Å²) in [5, 5.41) is 3.25. The van der Waals surface area contributed by atoms with Gasteiger partial charge in [0.25, 0.3) is 0 Å². The second-order valence-electron chi connectivity index (χ2n) is 4.08. The topological polar surface area (TPSA) is 21.3 Å². The Balaban J connectivity index is 2.15. The number of ether oxygens (including phenoxy) is 1. The fourth-order valence-corrected chi connectivity index (χ4v) is 2.14. The summed E-state index contributed by atoms with van der Waals surface area (Å²) >= 11 is 0. The van der Waals surface area contributed by atoms with E-state index in [4.69, 9.17) is 4.74 Å². The molecule has 1 N–H and O–H groups in total. The molecule has 2 unspecified atom stereocenters. The number of benzene rings is 1. The highest BCUT2D eigenvalue weighted by atomic mass is 16.5. The highest BCUT2D eigenvalue weighted by Gasteiger charge is 2.29. The molecule has 80 valence electrons. The zero-order chi connectivity index (χ0) is 10.8. The lowest BCUT2D eigenvalue weighted by Crippen LogP contribution is -2.41. The van der Waals surface area contributed by atoms with Gasteiger partial charge in [-0.15, -0.1) is 0 Å². The lowest BCUT2D eigenvalue weighted by molar-refractivity contribution is 0.198. The van der Waals surface area contributed by atoms with Crippen LogP contribution in [-0.2, 0) is 6.42 Å². The molecule has 0 saturated heterocycles. The van der Waals surface area contributed by atoms with Crippen molar-refractivity contribution < 1.29 is 4.74 Å². The van der Waals surface area contributed by atoms with Crippen LogP contribution in [0.3, 0.4) is 0 Å². The van der Waals surface area contributed by atoms with Crippen LogP contribution < -0.4 is 10.1 Å². The van der Waals surface area contributed by atoms with Crippen molar-refractivity contribution in [3.8, 4) is 5.75 Å². The van der Waals surface area contributed by atoms with E-state index in [2.05, 4.69) is 24.0 Å². The van der Waals surface area contributed by atoms with Crippen LogP contribution in [0.15, 0.2) is 36.4 Å². The standard InChI is InChI=1S/C13H17NO/c1-9(2)13(14-3)12-8-10-6-4-5-7-11(10)15-12/h4-7,12-14H,1,8H2,2-3H3. The van der Waals surface area contributed by atoms with Gasteiger partial charge in [-0.25, -0.2) is 0 Å². The van der Waals surface area contributed by atoms with Gasteiger partial charge in [0.1, 0.15) is 11.9 Å². The molecule has 0 amide bonds. The highest BCUT2D eigenvalue weighted by Crippen LogP contribution is 2.30. The minimum atomic E-state index is 0.185. The number of fused-ring (bicyclic) bond motifs is 1. The van der Waals surface area contributed by atoms with Crippen molar-refractivity contribution in [1.82, 2.24) is 5.32 Å². The fraction of sp³-hybridized carbons (Fsp3) is 0.385. The molecule has 1 heterocycles. The molecule has 15 heavy (non-hydrogen) atoms. The minimum Gasteiger partial charge on any atom is -0.488 e. The van der Waals surface area contributed by atoms with E-state index in [1.54, 1.807) is 0 Å². The van der Waals surface area contributed by atoms with Gasteiger partial charge in [-0.3, -0.25) is 0 Å². The van der Waals surface area contributed by atoms with Gasteiger partial charge in [0, 0.05) is 6.42 Å². The number of hydrogen-bond acceptors (Lipinski definition) is 2. The molecule has 2 atom stereocenters. The Morgan fingerprint density at radius 1 is 1.53 bits per heavy atom. The van der Waals surface area contributed by atoms with Crippen LogP contribution in [0.4, 0.5) is 0 Å². The first-order valence-electron chi connectivity index (χ1n) is 5.29. The summed E-state index contributed by atoms with van der Waals surface area (Å²) in [5.74, 6) is 1.02. The SMILES string of the molecule is C=C(C)C(NC)C1Cc2ccccc2O1. The molecule has 2 nitrogen and oxygen atoms in total. The second-order valence-corrected chi connectivity index (χ2v) is 4.08. The zero-order valence-corrected chi connectivity index (χ0v) is 9.29. The number of para-hydroxylation sites is 1. The van der Waals surface area contributed by atoms with Gasteiger partial charge in [0.15, 0.2) is 0 Å². The normalized spacial score (nSPS) is 20.5. The van der Waals surface area contributed by atoms with E-state index in [0.717, 1.165) is 17.7 Å². The third kappa shape index (κ3) is 1.90. The largest absolute Gasteiger partial charge is 0.488 e. The van der Waals surface area contributed by atoms with Gasteiger partial charge in [-0.05, 0) is 25.6 Å². The molecule has 0 aliphatic carbocycles. The molecule has 0 fully saturated rings. The Bertz CT molecular complexity index is 348. The number of hydrogen-bond donors (Lipinski definition) is 1. The Labute approximate surface area is 91.0 Å². The Morgan fingerprint density at radius 2 is 2.27 bits per heavy atom. The van der Waals surface area contributed by atoms with Crippen molar-refractivity contribution in [2.75, 3.05) is 7.05 Å². The summed E-state index contributed by atoms with van der Waals surface area (Å²) in [4.78, 5) is 0. The third-order valence-corrected chi connectivity index (χ3v) is 2.89. The van der Waals surface area contributed by atoms with Crippen LogP contribution in [0.2, 0.25) is 0 Å². The number of likely N-dealkylation sites (N-methyl/N-ethyl adjacent to an activating group) is 1. The Morgan fingerprint density at radius 3 is 2.87 bits per heavy atom. The molecule has 2 rings (SSSR count). The van der Waals surface area contributed by atoms with E-state index in [1.807, 2.05) is 26.1 Å². The highest BCUT2D eigenvalue weighted by molar-refractivity contribution is 5.38.